The number of aromatic amines is 1. The smallest absolute Gasteiger partial charge is 0.186 e. The Morgan fingerprint density at radius 1 is 1.78 bits per heavy atom. The minimum Gasteiger partial charge on any atom is -0.467 e. The predicted octanol–water partition coefficient (Wildman–Crippen LogP) is 0.560. The van der Waals surface area contributed by atoms with Gasteiger partial charge in [0.15, 0.2) is 18.3 Å². The van der Waals surface area contributed by atoms with Gasteiger partial charge in [-0.1, -0.05) is 0 Å². The number of anilines is 1. The zero-order valence-electron chi connectivity index (χ0n) is 4.66. The van der Waals surface area contributed by atoms with E-state index in [-0.39, 0.29) is 6.73 Å². The molecule has 0 radical (unpaired) electrons. The summed E-state index contributed by atoms with van der Waals surface area (Å²) in [6, 6.07) is 1.77. The van der Waals surface area contributed by atoms with Gasteiger partial charge < -0.3 is 9.72 Å². The molecule has 2 N–H and O–H groups in total. The maximum absolute atomic E-state index is 8.95. The predicted molar refractivity (Wildman–Crippen MR) is 30.6 cm³/mol. The van der Waals surface area contributed by atoms with Crippen molar-refractivity contribution in [2.45, 2.75) is 0 Å². The maximum atomic E-state index is 8.95. The van der Waals surface area contributed by atoms with Gasteiger partial charge in [0.1, 0.15) is 0 Å². The Labute approximate surface area is 51.6 Å². The van der Waals surface area contributed by atoms with Gasteiger partial charge in [-0.25, -0.2) is 0 Å². The number of hydrogen-bond acceptors (Lipinski definition) is 3. The van der Waals surface area contributed by atoms with E-state index in [9.17, 15) is 0 Å². The first-order valence-electron chi connectivity index (χ1n) is 2.64. The van der Waals surface area contributed by atoms with Crippen molar-refractivity contribution in [2.75, 3.05) is 11.8 Å². The van der Waals surface area contributed by atoms with Gasteiger partial charge in [-0.15, -0.1) is 0 Å². The summed E-state index contributed by atoms with van der Waals surface area (Å²) in [7, 11) is 0. The third-order valence-electron chi connectivity index (χ3n) is 1.29. The lowest BCUT2D eigenvalue weighted by Gasteiger charge is -2.02. The monoisotopic (exact) mass is 126 g/mol. The van der Waals surface area contributed by atoms with Crippen LogP contribution < -0.4 is 9.80 Å². The van der Waals surface area contributed by atoms with Crippen molar-refractivity contribution >= 4 is 5.82 Å². The van der Waals surface area contributed by atoms with Crippen LogP contribution in [0.15, 0.2) is 12.3 Å². The number of hydroxylamine groups is 1. The minimum absolute atomic E-state index is 0.224. The van der Waals surface area contributed by atoms with E-state index < -0.39 is 0 Å². The molecule has 1 aliphatic rings. The Morgan fingerprint density at radius 3 is 3.44 bits per heavy atom. The maximum Gasteiger partial charge on any atom is 0.186 e. The molecule has 0 aromatic carbocycles. The van der Waals surface area contributed by atoms with Crippen molar-refractivity contribution in [1.82, 2.24) is 4.98 Å². The van der Waals surface area contributed by atoms with E-state index in [1.54, 1.807) is 12.3 Å². The normalized spacial score (nSPS) is 15.4. The molecule has 0 fully saturated rings. The second kappa shape index (κ2) is 1.41. The summed E-state index contributed by atoms with van der Waals surface area (Å²) < 4.78 is 5.00. The highest BCUT2D eigenvalue weighted by atomic mass is 16.6. The van der Waals surface area contributed by atoms with Crippen molar-refractivity contribution in [2.24, 2.45) is 0 Å². The van der Waals surface area contributed by atoms with Crippen LogP contribution >= 0.6 is 0 Å². The number of fused-ring (bicyclic) bond motifs is 1. The van der Waals surface area contributed by atoms with Gasteiger partial charge in [-0.05, 0) is 0 Å². The average Bonchev–Trinajstić information content (AvgIpc) is 2.35. The van der Waals surface area contributed by atoms with Crippen molar-refractivity contribution in [3.8, 4) is 5.75 Å². The fourth-order valence-corrected chi connectivity index (χ4v) is 0.860. The molecule has 0 saturated carbocycles. The van der Waals surface area contributed by atoms with Crippen molar-refractivity contribution < 1.29 is 9.94 Å². The standard InChI is InChI=1S/C5H6N2O2/c8-7-3-9-4-1-2-6-5(4)7/h1-2,6,8H,3H2. The quantitative estimate of drug-likeness (QED) is 0.534. The molecule has 2 rings (SSSR count). The number of H-pyrrole nitrogens is 1. The fraction of sp³-hybridized carbons (Fsp3) is 0.200. The molecule has 0 aliphatic carbocycles. The molecule has 4 heteroatoms. The molecule has 1 aromatic rings. The van der Waals surface area contributed by atoms with E-state index in [0.717, 1.165) is 5.06 Å². The summed E-state index contributed by atoms with van der Waals surface area (Å²) in [5, 5.41) is 9.97. The first kappa shape index (κ1) is 4.69. The van der Waals surface area contributed by atoms with E-state index in [4.69, 9.17) is 9.94 Å². The number of ether oxygens (including phenoxy) is 1. The Hall–Kier alpha value is -1.16. The zero-order chi connectivity index (χ0) is 6.27. The molecule has 0 unspecified atom stereocenters. The zero-order valence-corrected chi connectivity index (χ0v) is 4.66. The molecule has 48 valence electrons. The molecule has 1 aliphatic heterocycles. The molecule has 9 heavy (non-hydrogen) atoms. The highest BCUT2D eigenvalue weighted by Crippen LogP contribution is 2.29. The molecular weight excluding hydrogens is 120 g/mol. The van der Waals surface area contributed by atoms with E-state index in [2.05, 4.69) is 4.98 Å². The average molecular weight is 126 g/mol. The van der Waals surface area contributed by atoms with Gasteiger partial charge in [-0.2, -0.15) is 5.06 Å². The second-order valence-corrected chi connectivity index (χ2v) is 1.86. The van der Waals surface area contributed by atoms with Crippen LogP contribution in [-0.2, 0) is 0 Å². The Balaban J connectivity index is 2.49. The summed E-state index contributed by atoms with van der Waals surface area (Å²) >= 11 is 0. The molecule has 2 heterocycles. The number of nitrogens with zero attached hydrogens (tertiary/aromatic N) is 1. The molecule has 0 saturated heterocycles. The highest BCUT2D eigenvalue weighted by molar-refractivity contribution is 5.53. The lowest BCUT2D eigenvalue weighted by molar-refractivity contribution is 0.192. The molecule has 0 amide bonds. The van der Waals surface area contributed by atoms with Crippen molar-refractivity contribution in [3.05, 3.63) is 12.3 Å². The molecule has 4 nitrogen and oxygen atoms in total. The topological polar surface area (TPSA) is 48.5 Å². The van der Waals surface area contributed by atoms with Crippen molar-refractivity contribution in [1.29, 1.82) is 0 Å². The van der Waals surface area contributed by atoms with Crippen LogP contribution in [0.5, 0.6) is 5.75 Å². The molecule has 0 bridgehead atoms. The second-order valence-electron chi connectivity index (χ2n) is 1.86. The van der Waals surface area contributed by atoms with Crippen LogP contribution in [0.3, 0.4) is 0 Å². The third-order valence-corrected chi connectivity index (χ3v) is 1.29. The van der Waals surface area contributed by atoms with E-state index in [1.807, 2.05) is 0 Å². The lowest BCUT2D eigenvalue weighted by Crippen LogP contribution is -2.16. The first-order valence-corrected chi connectivity index (χ1v) is 2.64. The third kappa shape index (κ3) is 0.503. The van der Waals surface area contributed by atoms with Crippen LogP contribution in [0.2, 0.25) is 0 Å². The van der Waals surface area contributed by atoms with Gasteiger partial charge in [0.2, 0.25) is 0 Å². The fourth-order valence-electron chi connectivity index (χ4n) is 0.860. The summed E-state index contributed by atoms with van der Waals surface area (Å²) in [5.41, 5.74) is 0. The first-order chi connectivity index (χ1) is 4.38. The van der Waals surface area contributed by atoms with E-state index in [0.29, 0.717) is 11.6 Å². The van der Waals surface area contributed by atoms with Gasteiger partial charge in [0.25, 0.3) is 0 Å². The van der Waals surface area contributed by atoms with Gasteiger partial charge in [0, 0.05) is 12.3 Å². The summed E-state index contributed by atoms with van der Waals surface area (Å²) in [4.78, 5) is 2.82. The number of hydrogen-bond donors (Lipinski definition) is 2. The number of rotatable bonds is 0. The van der Waals surface area contributed by atoms with E-state index in [1.165, 1.54) is 0 Å². The highest BCUT2D eigenvalue weighted by Gasteiger charge is 2.18. The van der Waals surface area contributed by atoms with Gasteiger partial charge in [0.05, 0.1) is 0 Å². The van der Waals surface area contributed by atoms with Crippen LogP contribution in [0.25, 0.3) is 0 Å². The molecule has 1 aromatic heterocycles. The Morgan fingerprint density at radius 2 is 2.67 bits per heavy atom. The SMILES string of the molecule is ON1COc2cc[nH]c21. The van der Waals surface area contributed by atoms with Crippen LogP contribution in [-0.4, -0.2) is 16.9 Å². The van der Waals surface area contributed by atoms with Crippen molar-refractivity contribution in [3.63, 3.8) is 0 Å². The van der Waals surface area contributed by atoms with Crippen LogP contribution in [0.1, 0.15) is 0 Å². The summed E-state index contributed by atoms with van der Waals surface area (Å²) in [5.74, 6) is 1.34. The number of nitrogens with one attached hydrogen (secondary N) is 1. The van der Waals surface area contributed by atoms with Gasteiger partial charge in [-0.3, -0.25) is 5.21 Å². The summed E-state index contributed by atoms with van der Waals surface area (Å²) in [6.07, 6.45) is 1.72. The minimum atomic E-state index is 0.224. The molecular formula is C5H6N2O2. The number of aromatic nitrogens is 1. The van der Waals surface area contributed by atoms with Crippen LogP contribution in [0.4, 0.5) is 5.82 Å². The summed E-state index contributed by atoms with van der Waals surface area (Å²) in [6.45, 7) is 0.224. The van der Waals surface area contributed by atoms with E-state index >= 15 is 0 Å². The lowest BCUT2D eigenvalue weighted by atomic mass is 10.6. The van der Waals surface area contributed by atoms with Gasteiger partial charge >= 0.3 is 0 Å². The molecule has 0 atom stereocenters. The Kier molecular flexibility index (Phi) is 0.738. The molecule has 0 spiro atoms. The Bertz CT molecular complexity index is 220. The largest absolute Gasteiger partial charge is 0.467 e. The van der Waals surface area contributed by atoms with Crippen LogP contribution in [0, 0.1) is 0 Å².